The number of hydrogen-bond acceptors (Lipinski definition) is 5. The number of hydrogen-bond donors (Lipinski definition) is 1. The van der Waals surface area contributed by atoms with Crippen molar-refractivity contribution in [2.45, 2.75) is 13.8 Å². The van der Waals surface area contributed by atoms with Gasteiger partial charge in [0.25, 0.3) is 17.2 Å². The van der Waals surface area contributed by atoms with Gasteiger partial charge in [0, 0.05) is 23.9 Å². The molecule has 0 radical (unpaired) electrons. The number of anilines is 1. The van der Waals surface area contributed by atoms with Crippen LogP contribution in [0.5, 0.6) is 11.5 Å². The van der Waals surface area contributed by atoms with Gasteiger partial charge in [-0.05, 0) is 43.7 Å². The maximum Gasteiger partial charge on any atom is 0.331 e. The van der Waals surface area contributed by atoms with Gasteiger partial charge in [-0.1, -0.05) is 18.2 Å². The molecule has 0 aliphatic carbocycles. The number of ether oxygens (including phenoxy) is 2. The Morgan fingerprint density at radius 3 is 2.31 bits per heavy atom. The Morgan fingerprint density at radius 2 is 1.56 bits per heavy atom. The number of pyridine rings is 1. The van der Waals surface area contributed by atoms with E-state index in [0.29, 0.717) is 28.6 Å². The fraction of sp³-hybridized carbons (Fsp3) is 0.111. The van der Waals surface area contributed by atoms with Gasteiger partial charge in [0.05, 0.1) is 16.9 Å². The number of aromatic amines is 1. The Balaban J connectivity index is 1.56. The number of para-hydroxylation sites is 1. The Hall–Kier alpha value is -4.92. The van der Waals surface area contributed by atoms with Crippen molar-refractivity contribution in [3.8, 4) is 17.2 Å². The van der Waals surface area contributed by atoms with Crippen molar-refractivity contribution in [2.24, 2.45) is 0 Å². The molecule has 0 fully saturated rings. The van der Waals surface area contributed by atoms with Gasteiger partial charge >= 0.3 is 5.91 Å². The largest absolute Gasteiger partial charge is 0.454 e. The Bertz CT molecular complexity index is 1630. The molecule has 0 spiro atoms. The summed E-state index contributed by atoms with van der Waals surface area (Å²) in [6.07, 6.45) is 3.41. The standard InChI is InChI=1S/C27H20N4O5/c1-16-10-12-29(13-11-16)24-23(22-17(2)28-31(26(22)33)18-6-4-3-5-7-18)25(32)30(27(24)34)19-8-9-20-21(14-19)36-15-35-20/h3-14H,15H2,1-2H3/p+1. The van der Waals surface area contributed by atoms with E-state index in [1.807, 2.05) is 37.3 Å². The Kier molecular flexibility index (Phi) is 4.85. The number of carbonyl (C=O) groups is 2. The second-order valence-corrected chi connectivity index (χ2v) is 8.58. The molecule has 2 aromatic heterocycles. The SMILES string of the molecule is Cc1cc[n+](C2=C(c3c(C)[nH]n(-c4ccccc4)c3=O)C(=O)N(c3ccc4c(c3)OCO4)C2=O)cc1. The van der Waals surface area contributed by atoms with Crippen molar-refractivity contribution in [1.82, 2.24) is 9.78 Å². The molecule has 0 unspecified atom stereocenters. The van der Waals surface area contributed by atoms with Crippen LogP contribution in [0, 0.1) is 13.8 Å². The average molecular weight is 481 g/mol. The van der Waals surface area contributed by atoms with Crippen LogP contribution in [0.4, 0.5) is 5.69 Å². The van der Waals surface area contributed by atoms with E-state index in [1.165, 1.54) is 4.68 Å². The topological polar surface area (TPSA) is 97.5 Å². The molecule has 4 heterocycles. The van der Waals surface area contributed by atoms with Crippen LogP contribution >= 0.6 is 0 Å². The normalized spacial score (nSPS) is 14.8. The van der Waals surface area contributed by atoms with E-state index in [0.717, 1.165) is 10.5 Å². The maximum absolute atomic E-state index is 13.9. The van der Waals surface area contributed by atoms with Crippen LogP contribution in [-0.2, 0) is 9.59 Å². The number of imide groups is 1. The number of fused-ring (bicyclic) bond motifs is 1. The maximum atomic E-state index is 13.9. The molecule has 9 nitrogen and oxygen atoms in total. The van der Waals surface area contributed by atoms with Crippen molar-refractivity contribution in [1.29, 1.82) is 0 Å². The minimum absolute atomic E-state index is 0.0277. The zero-order chi connectivity index (χ0) is 25.0. The molecule has 6 rings (SSSR count). The first-order valence-corrected chi connectivity index (χ1v) is 11.3. The highest BCUT2D eigenvalue weighted by Gasteiger charge is 2.48. The fourth-order valence-corrected chi connectivity index (χ4v) is 4.49. The fourth-order valence-electron chi connectivity index (χ4n) is 4.49. The highest BCUT2D eigenvalue weighted by atomic mass is 16.7. The molecule has 2 amide bonds. The molecule has 2 aliphatic rings. The molecule has 0 atom stereocenters. The van der Waals surface area contributed by atoms with Gasteiger partial charge in [-0.15, -0.1) is 0 Å². The second-order valence-electron chi connectivity index (χ2n) is 8.58. The summed E-state index contributed by atoms with van der Waals surface area (Å²) in [6, 6.07) is 17.6. The summed E-state index contributed by atoms with van der Waals surface area (Å²) in [6.45, 7) is 3.70. The lowest BCUT2D eigenvalue weighted by atomic mass is 10.1. The molecule has 1 N–H and O–H groups in total. The molecule has 0 saturated heterocycles. The van der Waals surface area contributed by atoms with E-state index in [-0.39, 0.29) is 23.6 Å². The van der Waals surface area contributed by atoms with Crippen LogP contribution in [0.25, 0.3) is 17.0 Å². The highest BCUT2D eigenvalue weighted by molar-refractivity contribution is 6.53. The highest BCUT2D eigenvalue weighted by Crippen LogP contribution is 2.39. The van der Waals surface area contributed by atoms with Crippen molar-refractivity contribution in [2.75, 3.05) is 11.7 Å². The molecule has 2 aromatic carbocycles. The average Bonchev–Trinajstić information content (AvgIpc) is 3.54. The lowest BCUT2D eigenvalue weighted by Gasteiger charge is -2.14. The number of rotatable bonds is 4. The number of aromatic nitrogens is 3. The van der Waals surface area contributed by atoms with E-state index in [1.54, 1.807) is 54.2 Å². The zero-order valence-electron chi connectivity index (χ0n) is 19.5. The van der Waals surface area contributed by atoms with Crippen molar-refractivity contribution >= 4 is 28.8 Å². The monoisotopic (exact) mass is 481 g/mol. The number of amides is 2. The van der Waals surface area contributed by atoms with Gasteiger partial charge in [0.15, 0.2) is 23.9 Å². The Morgan fingerprint density at radius 1 is 0.833 bits per heavy atom. The number of H-pyrrole nitrogens is 1. The molecule has 178 valence electrons. The van der Waals surface area contributed by atoms with Crippen LogP contribution in [0.1, 0.15) is 16.8 Å². The molecule has 0 saturated carbocycles. The summed E-state index contributed by atoms with van der Waals surface area (Å²) < 4.78 is 13.8. The lowest BCUT2D eigenvalue weighted by molar-refractivity contribution is -0.576. The lowest BCUT2D eigenvalue weighted by Crippen LogP contribution is -2.39. The van der Waals surface area contributed by atoms with E-state index < -0.39 is 17.4 Å². The van der Waals surface area contributed by atoms with Gasteiger partial charge < -0.3 is 9.47 Å². The van der Waals surface area contributed by atoms with Crippen LogP contribution in [0.2, 0.25) is 0 Å². The molecular weight excluding hydrogens is 460 g/mol. The predicted octanol–water partition coefficient (Wildman–Crippen LogP) is 2.74. The third-order valence-corrected chi connectivity index (χ3v) is 6.26. The summed E-state index contributed by atoms with van der Waals surface area (Å²) in [5.41, 5.74) is 2.24. The van der Waals surface area contributed by atoms with Gasteiger partial charge in [0.2, 0.25) is 6.79 Å². The van der Waals surface area contributed by atoms with E-state index in [2.05, 4.69) is 5.10 Å². The van der Waals surface area contributed by atoms with Crippen molar-refractivity contribution < 1.29 is 23.6 Å². The second kappa shape index (κ2) is 8.09. The first-order valence-electron chi connectivity index (χ1n) is 11.3. The summed E-state index contributed by atoms with van der Waals surface area (Å²) in [7, 11) is 0. The van der Waals surface area contributed by atoms with Crippen LogP contribution in [0.3, 0.4) is 0 Å². The number of nitrogens with zero attached hydrogens (tertiary/aromatic N) is 3. The van der Waals surface area contributed by atoms with Crippen LogP contribution < -0.4 is 24.5 Å². The van der Waals surface area contributed by atoms with Gasteiger partial charge in [0.1, 0.15) is 5.57 Å². The Labute approximate surface area is 205 Å². The van der Waals surface area contributed by atoms with Crippen LogP contribution in [0.15, 0.2) is 77.9 Å². The molecule has 4 aromatic rings. The van der Waals surface area contributed by atoms with Gasteiger partial charge in [-0.3, -0.25) is 19.5 Å². The van der Waals surface area contributed by atoms with Crippen molar-refractivity contribution in [3.63, 3.8) is 0 Å². The molecule has 0 bridgehead atoms. The minimum Gasteiger partial charge on any atom is -0.454 e. The van der Waals surface area contributed by atoms with Crippen molar-refractivity contribution in [3.05, 3.63) is 100 Å². The first kappa shape index (κ1) is 21.6. The van der Waals surface area contributed by atoms with E-state index >= 15 is 0 Å². The molecule has 9 heteroatoms. The number of nitrogens with one attached hydrogen (secondary N) is 1. The first-order chi connectivity index (χ1) is 17.4. The molecule has 36 heavy (non-hydrogen) atoms. The van der Waals surface area contributed by atoms with E-state index in [4.69, 9.17) is 9.47 Å². The smallest absolute Gasteiger partial charge is 0.331 e. The van der Waals surface area contributed by atoms with Crippen LogP contribution in [-0.4, -0.2) is 28.4 Å². The zero-order valence-corrected chi connectivity index (χ0v) is 19.5. The number of aryl methyl sites for hydroxylation is 2. The third kappa shape index (κ3) is 3.24. The third-order valence-electron chi connectivity index (χ3n) is 6.26. The number of carbonyl (C=O) groups excluding carboxylic acids is 2. The minimum atomic E-state index is -0.596. The summed E-state index contributed by atoms with van der Waals surface area (Å²) in [5, 5.41) is 3.05. The summed E-state index contributed by atoms with van der Waals surface area (Å²) in [4.78, 5) is 42.4. The molecule has 2 aliphatic heterocycles. The molecular formula is C27H21N4O5+. The summed E-state index contributed by atoms with van der Waals surface area (Å²) >= 11 is 0. The summed E-state index contributed by atoms with van der Waals surface area (Å²) in [5.74, 6) is -0.169. The predicted molar refractivity (Wildman–Crippen MR) is 131 cm³/mol. The quantitative estimate of drug-likeness (QED) is 0.357. The van der Waals surface area contributed by atoms with Gasteiger partial charge in [-0.25, -0.2) is 9.58 Å². The number of benzene rings is 2. The van der Waals surface area contributed by atoms with E-state index in [9.17, 15) is 14.4 Å². The van der Waals surface area contributed by atoms with Gasteiger partial charge in [-0.2, -0.15) is 4.57 Å².